The summed E-state index contributed by atoms with van der Waals surface area (Å²) in [5.41, 5.74) is 0.454. The minimum atomic E-state index is -1.27. The van der Waals surface area contributed by atoms with Crippen molar-refractivity contribution in [2.75, 3.05) is 6.54 Å². The molecule has 0 aromatic heterocycles. The molecule has 0 aliphatic carbocycles. The van der Waals surface area contributed by atoms with E-state index in [1.54, 1.807) is 37.3 Å². The number of alkyl carbamates (subject to hydrolysis) is 1. The first-order valence-electron chi connectivity index (χ1n) is 5.50. The zero-order valence-electron chi connectivity index (χ0n) is 9.77. The number of halogens is 1. The lowest BCUT2D eigenvalue weighted by atomic mass is 9.76. The van der Waals surface area contributed by atoms with E-state index in [0.717, 1.165) is 5.54 Å². The minimum Gasteiger partial charge on any atom is -0.443 e. The second kappa shape index (κ2) is 4.64. The lowest BCUT2D eigenvalue weighted by molar-refractivity contribution is -0.134. The van der Waals surface area contributed by atoms with E-state index in [0.29, 0.717) is 5.56 Å². The van der Waals surface area contributed by atoms with Crippen LogP contribution >= 0.6 is 0 Å². The second-order valence-electron chi connectivity index (χ2n) is 4.27. The second-order valence-corrected chi connectivity index (χ2v) is 4.27. The SMILES string of the molecule is CC(C(=O)NF)(c1ccccc1)C1CNC(=O)O1. The van der Waals surface area contributed by atoms with Crippen LogP contribution in [-0.4, -0.2) is 24.6 Å². The number of ether oxygens (including phenoxy) is 1. The third-order valence-electron chi connectivity index (χ3n) is 3.26. The average Bonchev–Trinajstić information content (AvgIpc) is 2.85. The van der Waals surface area contributed by atoms with E-state index >= 15 is 0 Å². The first-order valence-corrected chi connectivity index (χ1v) is 5.50. The Morgan fingerprint density at radius 2 is 2.17 bits per heavy atom. The summed E-state index contributed by atoms with van der Waals surface area (Å²) in [4.78, 5) is 22.9. The maximum Gasteiger partial charge on any atom is 0.407 e. The first kappa shape index (κ1) is 12.3. The fourth-order valence-corrected chi connectivity index (χ4v) is 2.06. The number of rotatable bonds is 3. The molecule has 1 aromatic rings. The van der Waals surface area contributed by atoms with Gasteiger partial charge in [-0.25, -0.2) is 4.79 Å². The molecule has 5 nitrogen and oxygen atoms in total. The minimum absolute atomic E-state index is 0.164. The van der Waals surface area contributed by atoms with Gasteiger partial charge < -0.3 is 10.1 Å². The van der Waals surface area contributed by atoms with E-state index in [1.165, 1.54) is 0 Å². The molecule has 0 spiro atoms. The topological polar surface area (TPSA) is 67.4 Å². The van der Waals surface area contributed by atoms with Crippen molar-refractivity contribution in [2.24, 2.45) is 0 Å². The van der Waals surface area contributed by atoms with Gasteiger partial charge in [-0.1, -0.05) is 30.3 Å². The molecule has 1 fully saturated rings. The lowest BCUT2D eigenvalue weighted by Crippen LogP contribution is -2.49. The quantitative estimate of drug-likeness (QED) is 0.790. The van der Waals surface area contributed by atoms with E-state index in [1.807, 2.05) is 0 Å². The molecule has 1 aliphatic rings. The van der Waals surface area contributed by atoms with E-state index in [9.17, 15) is 14.1 Å². The number of cyclic esters (lactones) is 1. The number of carbonyl (C=O) groups is 2. The van der Waals surface area contributed by atoms with Crippen LogP contribution in [0.1, 0.15) is 12.5 Å². The number of hydrogen-bond acceptors (Lipinski definition) is 3. The Hall–Kier alpha value is -2.11. The van der Waals surface area contributed by atoms with Crippen LogP contribution < -0.4 is 10.9 Å². The zero-order valence-corrected chi connectivity index (χ0v) is 9.77. The van der Waals surface area contributed by atoms with Gasteiger partial charge in [0.25, 0.3) is 5.91 Å². The Morgan fingerprint density at radius 3 is 2.67 bits per heavy atom. The fourth-order valence-electron chi connectivity index (χ4n) is 2.06. The van der Waals surface area contributed by atoms with Crippen LogP contribution in [0.2, 0.25) is 0 Å². The Bertz CT molecular complexity index is 466. The molecule has 96 valence electrons. The highest BCUT2D eigenvalue weighted by atomic mass is 19.2. The van der Waals surface area contributed by atoms with Crippen LogP contribution in [0.4, 0.5) is 9.28 Å². The molecular formula is C12H13FN2O3. The summed E-state index contributed by atoms with van der Waals surface area (Å²) < 4.78 is 17.6. The molecule has 2 N–H and O–H groups in total. The molecule has 2 unspecified atom stereocenters. The molecule has 2 atom stereocenters. The molecule has 6 heteroatoms. The summed E-state index contributed by atoms with van der Waals surface area (Å²) in [5, 5.41) is 2.46. The smallest absolute Gasteiger partial charge is 0.407 e. The molecule has 2 rings (SSSR count). The van der Waals surface area contributed by atoms with Crippen molar-refractivity contribution >= 4 is 12.0 Å². The van der Waals surface area contributed by atoms with Crippen molar-refractivity contribution in [3.05, 3.63) is 35.9 Å². The van der Waals surface area contributed by atoms with Gasteiger partial charge in [-0.05, 0) is 12.5 Å². The van der Waals surface area contributed by atoms with Crippen LogP contribution in [0, 0.1) is 0 Å². The van der Waals surface area contributed by atoms with Crippen LogP contribution in [0.3, 0.4) is 0 Å². The third-order valence-corrected chi connectivity index (χ3v) is 3.26. The van der Waals surface area contributed by atoms with Gasteiger partial charge in [0, 0.05) is 0 Å². The molecule has 1 aromatic carbocycles. The van der Waals surface area contributed by atoms with E-state index < -0.39 is 23.5 Å². The van der Waals surface area contributed by atoms with Gasteiger partial charge in [-0.15, -0.1) is 4.48 Å². The largest absolute Gasteiger partial charge is 0.443 e. The number of benzene rings is 1. The van der Waals surface area contributed by atoms with Gasteiger partial charge >= 0.3 is 6.09 Å². The maximum atomic E-state index is 12.6. The predicted octanol–water partition coefficient (Wildman–Crippen LogP) is 1.05. The van der Waals surface area contributed by atoms with Gasteiger partial charge in [-0.3, -0.25) is 4.79 Å². The normalized spacial score (nSPS) is 21.7. The number of amides is 2. The first-order chi connectivity index (χ1) is 8.59. The van der Waals surface area contributed by atoms with Crippen molar-refractivity contribution in [3.63, 3.8) is 0 Å². The number of hydrogen-bond donors (Lipinski definition) is 2. The average molecular weight is 252 g/mol. The van der Waals surface area contributed by atoms with Gasteiger partial charge in [0.05, 0.1) is 6.54 Å². The monoisotopic (exact) mass is 252 g/mol. The third kappa shape index (κ3) is 1.90. The Morgan fingerprint density at radius 1 is 1.50 bits per heavy atom. The van der Waals surface area contributed by atoms with Crippen molar-refractivity contribution in [3.8, 4) is 0 Å². The molecule has 0 bridgehead atoms. The van der Waals surface area contributed by atoms with E-state index in [2.05, 4.69) is 5.32 Å². The van der Waals surface area contributed by atoms with Gasteiger partial charge in [0.15, 0.2) is 0 Å². The number of carbonyl (C=O) groups excluding carboxylic acids is 2. The van der Waals surface area contributed by atoms with Crippen molar-refractivity contribution in [1.29, 1.82) is 0 Å². The molecule has 1 saturated heterocycles. The molecule has 18 heavy (non-hydrogen) atoms. The summed E-state index contributed by atoms with van der Waals surface area (Å²) in [6.45, 7) is 1.71. The summed E-state index contributed by atoms with van der Waals surface area (Å²) in [5.74, 6) is -0.838. The Balaban J connectivity index is 2.41. The standard InChI is InChI=1S/C12H13FN2O3/c1-12(10(16)15-13,8-5-3-2-4-6-8)9-7-14-11(17)18-9/h2-6,9H,7H2,1H3,(H,14,17)(H,15,16). The van der Waals surface area contributed by atoms with Gasteiger partial charge in [0.2, 0.25) is 0 Å². The summed E-state index contributed by atoms with van der Waals surface area (Å²) in [6, 6.07) is 8.66. The van der Waals surface area contributed by atoms with Crippen molar-refractivity contribution in [1.82, 2.24) is 10.9 Å². The summed E-state index contributed by atoms with van der Waals surface area (Å²) in [6.07, 6.45) is -1.35. The maximum absolute atomic E-state index is 12.6. The molecule has 2 amide bonds. The summed E-state index contributed by atoms with van der Waals surface area (Å²) in [7, 11) is 0. The zero-order chi connectivity index (χ0) is 13.2. The van der Waals surface area contributed by atoms with Crippen LogP contribution in [0.25, 0.3) is 0 Å². The van der Waals surface area contributed by atoms with E-state index in [4.69, 9.17) is 4.74 Å². The molecule has 1 aliphatic heterocycles. The number of nitrogens with one attached hydrogen (secondary N) is 2. The van der Waals surface area contributed by atoms with E-state index in [-0.39, 0.29) is 6.54 Å². The highest BCUT2D eigenvalue weighted by Gasteiger charge is 2.48. The summed E-state index contributed by atoms with van der Waals surface area (Å²) >= 11 is 0. The molecular weight excluding hydrogens is 239 g/mol. The van der Waals surface area contributed by atoms with Crippen molar-refractivity contribution in [2.45, 2.75) is 18.4 Å². The fraction of sp³-hybridized carbons (Fsp3) is 0.333. The highest BCUT2D eigenvalue weighted by molar-refractivity contribution is 5.88. The van der Waals surface area contributed by atoms with Crippen molar-refractivity contribution < 1.29 is 18.8 Å². The molecule has 0 saturated carbocycles. The molecule has 1 heterocycles. The van der Waals surface area contributed by atoms with Crippen LogP contribution in [0.15, 0.2) is 30.3 Å². The van der Waals surface area contributed by atoms with Crippen LogP contribution in [-0.2, 0) is 14.9 Å². The lowest BCUT2D eigenvalue weighted by Gasteiger charge is -2.31. The van der Waals surface area contributed by atoms with Crippen LogP contribution in [0.5, 0.6) is 0 Å². The predicted molar refractivity (Wildman–Crippen MR) is 61.3 cm³/mol. The highest BCUT2D eigenvalue weighted by Crippen LogP contribution is 2.31. The Kier molecular flexibility index (Phi) is 3.18. The van der Waals surface area contributed by atoms with Gasteiger partial charge in [0.1, 0.15) is 11.5 Å². The molecule has 0 radical (unpaired) electrons. The Labute approximate surface area is 103 Å². The van der Waals surface area contributed by atoms with Gasteiger partial charge in [-0.2, -0.15) is 5.54 Å².